The maximum atomic E-state index is 12.1. The fourth-order valence-corrected chi connectivity index (χ4v) is 3.15. The third-order valence-corrected chi connectivity index (χ3v) is 4.87. The van der Waals surface area contributed by atoms with Crippen molar-refractivity contribution < 1.29 is 34.7 Å². The molecule has 3 atom stereocenters. The minimum Gasteiger partial charge on any atom is -0.493 e. The normalized spacial score (nSPS) is 22.4. The van der Waals surface area contributed by atoms with Crippen LogP contribution >= 0.6 is 0 Å². The molecular weight excluding hydrogens is 376 g/mol. The van der Waals surface area contributed by atoms with E-state index < -0.39 is 24.4 Å². The number of carbonyl (C=O) groups excluding carboxylic acids is 1. The fraction of sp³-hybridized carbons (Fsp3) is 0.409. The monoisotopic (exact) mass is 404 g/mol. The van der Waals surface area contributed by atoms with Crippen molar-refractivity contribution in [1.29, 1.82) is 0 Å². The van der Waals surface area contributed by atoms with Gasteiger partial charge < -0.3 is 29.9 Å². The first-order chi connectivity index (χ1) is 13.8. The maximum Gasteiger partial charge on any atom is 0.184 e. The van der Waals surface area contributed by atoms with Crippen molar-refractivity contribution in [1.82, 2.24) is 0 Å². The predicted molar refractivity (Wildman–Crippen MR) is 108 cm³/mol. The summed E-state index contributed by atoms with van der Waals surface area (Å²) in [7, 11) is 3.14. The minimum atomic E-state index is -1.39. The second-order valence-electron chi connectivity index (χ2n) is 6.87. The third-order valence-electron chi connectivity index (χ3n) is 4.87. The van der Waals surface area contributed by atoms with E-state index in [1.54, 1.807) is 14.2 Å². The molecule has 1 aliphatic carbocycles. The van der Waals surface area contributed by atoms with Gasteiger partial charge in [0, 0.05) is 5.57 Å². The van der Waals surface area contributed by atoms with Crippen LogP contribution in [0.25, 0.3) is 0 Å². The first-order valence-corrected chi connectivity index (χ1v) is 9.37. The number of methoxy groups -OCH3 is 2. The van der Waals surface area contributed by atoms with Gasteiger partial charge in [-0.1, -0.05) is 24.3 Å². The number of hydrogen-bond acceptors (Lipinski definition) is 7. The summed E-state index contributed by atoms with van der Waals surface area (Å²) in [4.78, 5) is 12.1. The second kappa shape index (κ2) is 10.4. The van der Waals surface area contributed by atoms with E-state index in [0.29, 0.717) is 30.8 Å². The maximum absolute atomic E-state index is 12.1. The number of rotatable bonds is 10. The molecule has 1 aliphatic rings. The summed E-state index contributed by atoms with van der Waals surface area (Å²) in [5.74, 6) is 0.971. The molecule has 0 heterocycles. The molecule has 2 rings (SSSR count). The number of aliphatic hydroxyl groups is 4. The Morgan fingerprint density at radius 2 is 1.90 bits per heavy atom. The average Bonchev–Trinajstić information content (AvgIpc) is 3.01. The minimum absolute atomic E-state index is 0.201. The summed E-state index contributed by atoms with van der Waals surface area (Å²) in [5.41, 5.74) is -0.170. The Morgan fingerprint density at radius 3 is 2.55 bits per heavy atom. The zero-order valence-corrected chi connectivity index (χ0v) is 16.6. The summed E-state index contributed by atoms with van der Waals surface area (Å²) < 4.78 is 10.5. The number of aliphatic hydroxyl groups excluding tert-OH is 3. The Morgan fingerprint density at radius 1 is 1.17 bits per heavy atom. The smallest absolute Gasteiger partial charge is 0.184 e. The third kappa shape index (κ3) is 5.77. The quantitative estimate of drug-likeness (QED) is 0.432. The molecule has 7 heteroatoms. The van der Waals surface area contributed by atoms with Gasteiger partial charge in [0.2, 0.25) is 0 Å². The van der Waals surface area contributed by atoms with Gasteiger partial charge in [-0.3, -0.25) is 4.79 Å². The van der Waals surface area contributed by atoms with Crippen LogP contribution in [0.2, 0.25) is 0 Å². The molecule has 0 saturated heterocycles. The highest BCUT2D eigenvalue weighted by molar-refractivity contribution is 6.09. The first kappa shape index (κ1) is 22.8. The highest BCUT2D eigenvalue weighted by Gasteiger charge is 2.36. The number of benzene rings is 1. The van der Waals surface area contributed by atoms with Gasteiger partial charge in [-0.2, -0.15) is 0 Å². The van der Waals surface area contributed by atoms with E-state index in [-0.39, 0.29) is 11.4 Å². The van der Waals surface area contributed by atoms with E-state index in [4.69, 9.17) is 14.6 Å². The van der Waals surface area contributed by atoms with E-state index >= 15 is 0 Å². The Labute approximate surface area is 170 Å². The van der Waals surface area contributed by atoms with E-state index in [1.807, 2.05) is 18.2 Å². The van der Waals surface area contributed by atoms with Gasteiger partial charge in [-0.15, -0.1) is 0 Å². The number of ketones is 1. The van der Waals surface area contributed by atoms with Crippen LogP contribution in [0.3, 0.4) is 0 Å². The average molecular weight is 404 g/mol. The van der Waals surface area contributed by atoms with Crippen LogP contribution in [0, 0.1) is 0 Å². The lowest BCUT2D eigenvalue weighted by atomic mass is 9.89. The van der Waals surface area contributed by atoms with E-state index in [2.05, 4.69) is 0 Å². The van der Waals surface area contributed by atoms with E-state index in [1.165, 1.54) is 30.4 Å². The standard InChI is InChI=1S/C22H28O7/c1-28-20-9-8-15(13-21(20)29-2)5-4-11-22(27)12-10-17(24)16(22)6-3-7-18(25)19(26)14-23/h3,6-10,12-13,18-19,23,25-27H,4-5,11,14H2,1-2H3/t18-,19+,22?/m0/s1. The molecular formula is C22H28O7. The molecule has 0 saturated carbocycles. The first-order valence-electron chi connectivity index (χ1n) is 9.37. The molecule has 0 amide bonds. The summed E-state index contributed by atoms with van der Waals surface area (Å²) in [5, 5.41) is 38.7. The molecule has 0 radical (unpaired) electrons. The van der Waals surface area contributed by atoms with Gasteiger partial charge in [-0.25, -0.2) is 0 Å². The Balaban J connectivity index is 2.03. The summed E-state index contributed by atoms with van der Waals surface area (Å²) in [6.07, 6.45) is 5.94. The van der Waals surface area contributed by atoms with Crippen LogP contribution in [-0.4, -0.2) is 64.8 Å². The number of carbonyl (C=O) groups is 1. The lowest BCUT2D eigenvalue weighted by Gasteiger charge is -2.22. The Kier molecular flexibility index (Phi) is 8.16. The van der Waals surface area contributed by atoms with Gasteiger partial charge >= 0.3 is 0 Å². The summed E-state index contributed by atoms with van der Waals surface area (Å²) in [6.45, 7) is -0.581. The fourth-order valence-electron chi connectivity index (χ4n) is 3.15. The van der Waals surface area contributed by atoms with Gasteiger partial charge in [0.15, 0.2) is 17.3 Å². The number of hydrogen-bond donors (Lipinski definition) is 4. The van der Waals surface area contributed by atoms with Crippen LogP contribution in [-0.2, 0) is 11.2 Å². The highest BCUT2D eigenvalue weighted by Crippen LogP contribution is 2.33. The van der Waals surface area contributed by atoms with Gasteiger partial charge in [-0.05, 0) is 49.1 Å². The molecule has 29 heavy (non-hydrogen) atoms. The van der Waals surface area contributed by atoms with Crippen LogP contribution in [0.1, 0.15) is 18.4 Å². The predicted octanol–water partition coefficient (Wildman–Crippen LogP) is 1.09. The largest absolute Gasteiger partial charge is 0.493 e. The second-order valence-corrected chi connectivity index (χ2v) is 6.87. The van der Waals surface area contributed by atoms with E-state index in [0.717, 1.165) is 5.56 Å². The van der Waals surface area contributed by atoms with Crippen LogP contribution < -0.4 is 9.47 Å². The van der Waals surface area contributed by atoms with E-state index in [9.17, 15) is 20.1 Å². The molecule has 1 unspecified atom stereocenters. The topological polar surface area (TPSA) is 116 Å². The molecule has 0 spiro atoms. The van der Waals surface area contributed by atoms with Crippen molar-refractivity contribution in [2.75, 3.05) is 20.8 Å². The van der Waals surface area contributed by atoms with Crippen LogP contribution in [0.4, 0.5) is 0 Å². The van der Waals surface area contributed by atoms with Crippen LogP contribution in [0.15, 0.2) is 54.2 Å². The van der Waals surface area contributed by atoms with Crippen molar-refractivity contribution >= 4 is 5.78 Å². The summed E-state index contributed by atoms with van der Waals surface area (Å²) >= 11 is 0. The zero-order valence-electron chi connectivity index (χ0n) is 16.6. The Hall–Kier alpha value is -2.45. The Bertz CT molecular complexity index is 796. The zero-order chi connectivity index (χ0) is 21.4. The number of ether oxygens (including phenoxy) is 2. The van der Waals surface area contributed by atoms with Gasteiger partial charge in [0.1, 0.15) is 17.8 Å². The molecule has 1 aromatic rings. The van der Waals surface area contributed by atoms with Crippen molar-refractivity contribution in [2.45, 2.75) is 37.1 Å². The van der Waals surface area contributed by atoms with Crippen molar-refractivity contribution in [3.63, 3.8) is 0 Å². The number of allylic oxidation sites excluding steroid dienone is 3. The van der Waals surface area contributed by atoms with Gasteiger partial charge in [0.25, 0.3) is 0 Å². The van der Waals surface area contributed by atoms with Crippen molar-refractivity contribution in [3.05, 3.63) is 59.7 Å². The molecule has 0 aromatic heterocycles. The molecule has 0 fully saturated rings. The lowest BCUT2D eigenvalue weighted by Crippen LogP contribution is -2.28. The number of aryl methyl sites for hydroxylation is 1. The highest BCUT2D eigenvalue weighted by atomic mass is 16.5. The van der Waals surface area contributed by atoms with Gasteiger partial charge in [0.05, 0.1) is 20.8 Å². The molecule has 4 N–H and O–H groups in total. The molecule has 158 valence electrons. The SMILES string of the molecule is COc1ccc(CCCC2(O)C=CC(=O)C2=CC=C[C@H](O)[C@H](O)CO)cc1OC. The molecule has 0 aliphatic heterocycles. The molecule has 7 nitrogen and oxygen atoms in total. The van der Waals surface area contributed by atoms with Crippen molar-refractivity contribution in [2.24, 2.45) is 0 Å². The summed E-state index contributed by atoms with van der Waals surface area (Å²) in [6, 6.07) is 5.63. The van der Waals surface area contributed by atoms with Crippen LogP contribution in [0.5, 0.6) is 11.5 Å². The molecule has 1 aromatic carbocycles. The van der Waals surface area contributed by atoms with Crippen molar-refractivity contribution in [3.8, 4) is 11.5 Å². The lowest BCUT2D eigenvalue weighted by molar-refractivity contribution is -0.112. The molecule has 0 bridgehead atoms.